The Morgan fingerprint density at radius 2 is 2.00 bits per heavy atom. The third kappa shape index (κ3) is 4.12. The van der Waals surface area contributed by atoms with Crippen LogP contribution in [0.25, 0.3) is 11.4 Å². The lowest BCUT2D eigenvalue weighted by Crippen LogP contribution is -2.00. The first-order chi connectivity index (χ1) is 12.6. The molecule has 0 unspecified atom stereocenters. The molecule has 1 heterocycles. The first-order valence-corrected chi connectivity index (χ1v) is 9.11. The van der Waals surface area contributed by atoms with Crippen molar-refractivity contribution >= 4 is 29.1 Å². The van der Waals surface area contributed by atoms with Crippen LogP contribution in [0, 0.1) is 10.1 Å². The van der Waals surface area contributed by atoms with Crippen LogP contribution in [0.5, 0.6) is 0 Å². The molecule has 0 radical (unpaired) electrons. The summed E-state index contributed by atoms with van der Waals surface area (Å²) in [6.07, 6.45) is 1.78. The Balaban J connectivity index is 1.84. The number of non-ortho nitro benzene ring substituents is 1. The van der Waals surface area contributed by atoms with Crippen LogP contribution >= 0.6 is 23.4 Å². The van der Waals surface area contributed by atoms with E-state index in [0.29, 0.717) is 17.3 Å². The molecule has 0 aliphatic carbocycles. The molecule has 3 rings (SSSR count). The molecule has 0 aliphatic rings. The van der Waals surface area contributed by atoms with Crippen molar-refractivity contribution in [3.63, 3.8) is 0 Å². The van der Waals surface area contributed by atoms with Gasteiger partial charge in [0.2, 0.25) is 0 Å². The Morgan fingerprint density at radius 3 is 2.69 bits per heavy atom. The molecule has 0 fully saturated rings. The molecule has 6 nitrogen and oxygen atoms in total. The minimum Gasteiger partial charge on any atom is -0.298 e. The number of aromatic nitrogens is 3. The number of halogens is 1. The van der Waals surface area contributed by atoms with E-state index in [-0.39, 0.29) is 5.69 Å². The molecule has 0 aliphatic heterocycles. The van der Waals surface area contributed by atoms with Crippen LogP contribution in [0.15, 0.2) is 66.3 Å². The second-order valence-electron chi connectivity index (χ2n) is 5.43. The predicted octanol–water partition coefficient (Wildman–Crippen LogP) is 4.99. The maximum absolute atomic E-state index is 10.9. The molecule has 3 aromatic rings. The van der Waals surface area contributed by atoms with Gasteiger partial charge >= 0.3 is 0 Å². The molecule has 8 heteroatoms. The van der Waals surface area contributed by atoms with Gasteiger partial charge in [-0.05, 0) is 29.8 Å². The van der Waals surface area contributed by atoms with Gasteiger partial charge in [0, 0.05) is 35.0 Å². The SMILES string of the molecule is C=CCn1c(SCc2cccc([N+](=O)[O-])c2)nnc1-c1ccc(Cl)cc1. The van der Waals surface area contributed by atoms with Crippen molar-refractivity contribution in [2.45, 2.75) is 17.5 Å². The first kappa shape index (κ1) is 18.2. The highest BCUT2D eigenvalue weighted by atomic mass is 35.5. The monoisotopic (exact) mass is 386 g/mol. The van der Waals surface area contributed by atoms with Crippen LogP contribution in [0.3, 0.4) is 0 Å². The fraction of sp³-hybridized carbons (Fsp3) is 0.111. The van der Waals surface area contributed by atoms with Crippen LogP contribution in [0.2, 0.25) is 5.02 Å². The molecule has 1 aromatic heterocycles. The number of thioether (sulfide) groups is 1. The molecule has 26 heavy (non-hydrogen) atoms. The summed E-state index contributed by atoms with van der Waals surface area (Å²) in [5.41, 5.74) is 1.84. The lowest BCUT2D eigenvalue weighted by Gasteiger charge is -2.08. The highest BCUT2D eigenvalue weighted by Crippen LogP contribution is 2.28. The topological polar surface area (TPSA) is 73.8 Å². The average Bonchev–Trinajstić information content (AvgIpc) is 3.04. The summed E-state index contributed by atoms with van der Waals surface area (Å²) < 4.78 is 1.96. The molecule has 0 N–H and O–H groups in total. The van der Waals surface area contributed by atoms with Crippen molar-refractivity contribution in [2.24, 2.45) is 0 Å². The summed E-state index contributed by atoms with van der Waals surface area (Å²) in [6, 6.07) is 14.0. The summed E-state index contributed by atoms with van der Waals surface area (Å²) in [4.78, 5) is 10.5. The number of benzene rings is 2. The molecule has 0 bridgehead atoms. The summed E-state index contributed by atoms with van der Waals surface area (Å²) in [5.74, 6) is 1.28. The Kier molecular flexibility index (Phi) is 5.70. The molecule has 132 valence electrons. The van der Waals surface area contributed by atoms with E-state index in [9.17, 15) is 10.1 Å². The van der Waals surface area contributed by atoms with Gasteiger partial charge in [-0.1, -0.05) is 41.6 Å². The number of hydrogen-bond acceptors (Lipinski definition) is 5. The molecule has 0 atom stereocenters. The number of rotatable bonds is 7. The lowest BCUT2D eigenvalue weighted by atomic mass is 10.2. The number of nitro groups is 1. The van der Waals surface area contributed by atoms with Gasteiger partial charge in [-0.3, -0.25) is 14.7 Å². The first-order valence-electron chi connectivity index (χ1n) is 7.74. The maximum atomic E-state index is 10.9. The second kappa shape index (κ2) is 8.16. The van der Waals surface area contributed by atoms with Crippen LogP contribution < -0.4 is 0 Å². The van der Waals surface area contributed by atoms with Gasteiger partial charge in [0.1, 0.15) is 0 Å². The van der Waals surface area contributed by atoms with E-state index in [1.165, 1.54) is 17.8 Å². The van der Waals surface area contributed by atoms with E-state index in [0.717, 1.165) is 22.1 Å². The molecule has 0 saturated heterocycles. The molecule has 2 aromatic carbocycles. The number of hydrogen-bond donors (Lipinski definition) is 0. The fourth-order valence-corrected chi connectivity index (χ4v) is 3.43. The Morgan fingerprint density at radius 1 is 1.23 bits per heavy atom. The zero-order chi connectivity index (χ0) is 18.5. The second-order valence-corrected chi connectivity index (χ2v) is 6.81. The highest BCUT2D eigenvalue weighted by Gasteiger charge is 2.14. The van der Waals surface area contributed by atoms with E-state index < -0.39 is 4.92 Å². The Labute approximate surface area is 159 Å². The van der Waals surface area contributed by atoms with Crippen molar-refractivity contribution in [1.82, 2.24) is 14.8 Å². The Hall–Kier alpha value is -2.64. The summed E-state index contributed by atoms with van der Waals surface area (Å²) in [5, 5.41) is 20.8. The van der Waals surface area contributed by atoms with Gasteiger partial charge in [-0.2, -0.15) is 0 Å². The Bertz CT molecular complexity index is 941. The lowest BCUT2D eigenvalue weighted by molar-refractivity contribution is -0.384. The normalized spacial score (nSPS) is 10.7. The van der Waals surface area contributed by atoms with Gasteiger partial charge in [-0.25, -0.2) is 0 Å². The van der Waals surface area contributed by atoms with Crippen molar-refractivity contribution in [2.75, 3.05) is 0 Å². The predicted molar refractivity (Wildman–Crippen MR) is 103 cm³/mol. The van der Waals surface area contributed by atoms with E-state index in [1.807, 2.05) is 22.8 Å². The van der Waals surface area contributed by atoms with Crippen molar-refractivity contribution in [3.05, 3.63) is 81.9 Å². The van der Waals surface area contributed by atoms with E-state index in [1.54, 1.807) is 30.3 Å². The summed E-state index contributed by atoms with van der Waals surface area (Å²) in [7, 11) is 0. The number of allylic oxidation sites excluding steroid dienone is 1. The van der Waals surface area contributed by atoms with Gasteiger partial charge in [0.15, 0.2) is 11.0 Å². The zero-order valence-electron chi connectivity index (χ0n) is 13.7. The van der Waals surface area contributed by atoms with Crippen molar-refractivity contribution in [1.29, 1.82) is 0 Å². The van der Waals surface area contributed by atoms with E-state index in [2.05, 4.69) is 16.8 Å². The standard InChI is InChI=1S/C18H15ClN4O2S/c1-2-10-22-17(14-6-8-15(19)9-7-14)20-21-18(22)26-12-13-4-3-5-16(11-13)23(24)25/h2-9,11H,1,10,12H2. The maximum Gasteiger partial charge on any atom is 0.269 e. The average molecular weight is 387 g/mol. The third-order valence-corrected chi connectivity index (χ3v) is 4.91. The summed E-state index contributed by atoms with van der Waals surface area (Å²) >= 11 is 7.42. The van der Waals surface area contributed by atoms with Crippen LogP contribution in [0.1, 0.15) is 5.56 Å². The molecule has 0 saturated carbocycles. The smallest absolute Gasteiger partial charge is 0.269 e. The largest absolute Gasteiger partial charge is 0.298 e. The minimum atomic E-state index is -0.396. The minimum absolute atomic E-state index is 0.0810. The van der Waals surface area contributed by atoms with Gasteiger partial charge in [-0.15, -0.1) is 16.8 Å². The molecule has 0 amide bonds. The van der Waals surface area contributed by atoms with Gasteiger partial charge in [0.25, 0.3) is 5.69 Å². The van der Waals surface area contributed by atoms with E-state index >= 15 is 0 Å². The van der Waals surface area contributed by atoms with E-state index in [4.69, 9.17) is 11.6 Å². The quantitative estimate of drug-likeness (QED) is 0.247. The fourth-order valence-electron chi connectivity index (χ4n) is 2.41. The molecular formula is C18H15ClN4O2S. The molecule has 0 spiro atoms. The highest BCUT2D eigenvalue weighted by molar-refractivity contribution is 7.98. The van der Waals surface area contributed by atoms with Crippen LogP contribution in [-0.2, 0) is 12.3 Å². The van der Waals surface area contributed by atoms with Crippen molar-refractivity contribution < 1.29 is 4.92 Å². The van der Waals surface area contributed by atoms with Crippen molar-refractivity contribution in [3.8, 4) is 11.4 Å². The van der Waals surface area contributed by atoms with Crippen LogP contribution in [0.4, 0.5) is 5.69 Å². The third-order valence-electron chi connectivity index (χ3n) is 3.62. The summed E-state index contributed by atoms with van der Waals surface area (Å²) in [6.45, 7) is 4.35. The molecular weight excluding hydrogens is 372 g/mol. The zero-order valence-corrected chi connectivity index (χ0v) is 15.3. The number of nitro benzene ring substituents is 1. The van der Waals surface area contributed by atoms with Crippen LogP contribution in [-0.4, -0.2) is 19.7 Å². The van der Waals surface area contributed by atoms with Gasteiger partial charge in [0.05, 0.1) is 4.92 Å². The number of nitrogens with zero attached hydrogens (tertiary/aromatic N) is 4. The van der Waals surface area contributed by atoms with Gasteiger partial charge < -0.3 is 0 Å².